The lowest BCUT2D eigenvalue weighted by molar-refractivity contribution is -0.111. The zero-order valence-electron chi connectivity index (χ0n) is 17.5. The van der Waals surface area contributed by atoms with E-state index in [2.05, 4.69) is 68.9 Å². The van der Waals surface area contributed by atoms with Crippen molar-refractivity contribution in [3.05, 3.63) is 115 Å². The van der Waals surface area contributed by atoms with Crippen LogP contribution in [0, 0.1) is 0 Å². The first kappa shape index (κ1) is 20.8. The molecule has 3 N–H and O–H groups in total. The quantitative estimate of drug-likeness (QED) is 0.319. The monoisotopic (exact) mass is 421 g/mol. The number of amides is 1. The van der Waals surface area contributed by atoms with Gasteiger partial charge in [-0.15, -0.1) is 0 Å². The molecule has 6 nitrogen and oxygen atoms in total. The molecule has 4 aromatic rings. The number of carbonyl (C=O) groups is 1. The first-order chi connectivity index (χ1) is 15.7. The summed E-state index contributed by atoms with van der Waals surface area (Å²) in [5.41, 5.74) is 4.94. The molecule has 3 aromatic carbocycles. The number of anilines is 5. The molecule has 0 saturated carbocycles. The van der Waals surface area contributed by atoms with Crippen LogP contribution in [0.3, 0.4) is 0 Å². The van der Waals surface area contributed by atoms with Crippen molar-refractivity contribution in [3.8, 4) is 0 Å². The van der Waals surface area contributed by atoms with Crippen molar-refractivity contribution in [2.75, 3.05) is 16.0 Å². The number of nitrogens with one attached hydrogen (secondary N) is 3. The van der Waals surface area contributed by atoms with Gasteiger partial charge in [0.25, 0.3) is 0 Å². The molecule has 0 fully saturated rings. The van der Waals surface area contributed by atoms with Crippen LogP contribution in [0.5, 0.6) is 0 Å². The van der Waals surface area contributed by atoms with Gasteiger partial charge in [0.1, 0.15) is 18.0 Å². The number of benzene rings is 3. The van der Waals surface area contributed by atoms with Gasteiger partial charge in [0.2, 0.25) is 5.91 Å². The molecule has 158 valence electrons. The Kier molecular flexibility index (Phi) is 6.53. The molecular formula is C26H23N5O. The number of nitrogens with zero attached hydrogens (tertiary/aromatic N) is 2. The van der Waals surface area contributed by atoms with E-state index in [0.29, 0.717) is 17.3 Å². The second-order valence-corrected chi connectivity index (χ2v) is 7.17. The molecule has 0 bridgehead atoms. The third-order valence-electron chi connectivity index (χ3n) is 4.73. The van der Waals surface area contributed by atoms with Crippen molar-refractivity contribution >= 4 is 34.6 Å². The Hall–Kier alpha value is -4.45. The lowest BCUT2D eigenvalue weighted by Crippen LogP contribution is -2.07. The largest absolute Gasteiger partial charge is 0.340 e. The van der Waals surface area contributed by atoms with Gasteiger partial charge in [0.15, 0.2) is 0 Å². The maximum atomic E-state index is 11.5. The fourth-order valence-electron chi connectivity index (χ4n) is 3.20. The van der Waals surface area contributed by atoms with E-state index in [9.17, 15) is 4.79 Å². The molecular weight excluding hydrogens is 398 g/mol. The van der Waals surface area contributed by atoms with Crippen LogP contribution in [-0.4, -0.2) is 15.9 Å². The molecule has 0 aliphatic heterocycles. The summed E-state index contributed by atoms with van der Waals surface area (Å²) in [6.45, 7) is 3.46. The van der Waals surface area contributed by atoms with Crippen molar-refractivity contribution in [1.29, 1.82) is 0 Å². The highest BCUT2D eigenvalue weighted by molar-refractivity contribution is 5.99. The summed E-state index contributed by atoms with van der Waals surface area (Å²) in [5, 5.41) is 9.28. The van der Waals surface area contributed by atoms with Crippen LogP contribution in [0.25, 0.3) is 0 Å². The molecule has 0 unspecified atom stereocenters. The van der Waals surface area contributed by atoms with Crippen molar-refractivity contribution in [1.82, 2.24) is 9.97 Å². The minimum Gasteiger partial charge on any atom is -0.340 e. The fraction of sp³-hybridized carbons (Fsp3) is 0.0385. The molecule has 32 heavy (non-hydrogen) atoms. The van der Waals surface area contributed by atoms with E-state index >= 15 is 0 Å². The lowest BCUT2D eigenvalue weighted by Gasteiger charge is -2.10. The zero-order chi connectivity index (χ0) is 22.2. The first-order valence-corrected chi connectivity index (χ1v) is 10.2. The number of rotatable bonds is 8. The van der Waals surface area contributed by atoms with E-state index in [1.807, 2.05) is 42.5 Å². The Bertz CT molecular complexity index is 1210. The zero-order valence-corrected chi connectivity index (χ0v) is 17.5. The molecule has 0 saturated heterocycles. The highest BCUT2D eigenvalue weighted by Crippen LogP contribution is 2.22. The van der Waals surface area contributed by atoms with Gasteiger partial charge in [-0.2, -0.15) is 0 Å². The topological polar surface area (TPSA) is 78.9 Å². The predicted octanol–water partition coefficient (Wildman–Crippen LogP) is 5.68. The number of hydrogen-bond donors (Lipinski definition) is 3. The summed E-state index contributed by atoms with van der Waals surface area (Å²) >= 11 is 0. The molecule has 0 atom stereocenters. The molecule has 0 spiro atoms. The van der Waals surface area contributed by atoms with E-state index < -0.39 is 0 Å². The molecule has 4 rings (SSSR count). The summed E-state index contributed by atoms with van der Waals surface area (Å²) in [5.74, 6) is 1.05. The maximum absolute atomic E-state index is 11.5. The van der Waals surface area contributed by atoms with Gasteiger partial charge in [0.05, 0.1) is 0 Å². The van der Waals surface area contributed by atoms with Crippen LogP contribution in [0.1, 0.15) is 11.1 Å². The third kappa shape index (κ3) is 5.79. The van der Waals surface area contributed by atoms with Crippen molar-refractivity contribution in [2.45, 2.75) is 6.42 Å². The van der Waals surface area contributed by atoms with Gasteiger partial charge in [0, 0.05) is 23.1 Å². The standard InChI is InChI=1S/C26H23N5O/c1-2-26(32)31-23-10-6-9-22(16-23)30-25-17-24(27-18-28-25)29-21-13-11-20(12-14-21)15-19-7-4-3-5-8-19/h2-14,16-18H,1,15H2,(H,31,32)(H2,27,28,29,30). The van der Waals surface area contributed by atoms with Crippen molar-refractivity contribution < 1.29 is 4.79 Å². The molecule has 0 aliphatic carbocycles. The van der Waals surface area contributed by atoms with Crippen molar-refractivity contribution in [3.63, 3.8) is 0 Å². The second-order valence-electron chi connectivity index (χ2n) is 7.17. The smallest absolute Gasteiger partial charge is 0.247 e. The Morgan fingerprint density at radius 2 is 1.41 bits per heavy atom. The normalized spacial score (nSPS) is 10.2. The van der Waals surface area contributed by atoms with E-state index in [-0.39, 0.29) is 5.91 Å². The second kappa shape index (κ2) is 10.0. The van der Waals surface area contributed by atoms with E-state index in [0.717, 1.165) is 17.8 Å². The van der Waals surface area contributed by atoms with E-state index in [1.54, 1.807) is 6.07 Å². The van der Waals surface area contributed by atoms with Crippen LogP contribution >= 0.6 is 0 Å². The van der Waals surface area contributed by atoms with Gasteiger partial charge < -0.3 is 16.0 Å². The van der Waals surface area contributed by atoms with Crippen molar-refractivity contribution in [2.24, 2.45) is 0 Å². The molecule has 6 heteroatoms. The Balaban J connectivity index is 1.40. The SMILES string of the molecule is C=CC(=O)Nc1cccc(Nc2cc(Nc3ccc(Cc4ccccc4)cc3)ncn2)c1. The average Bonchev–Trinajstić information content (AvgIpc) is 2.81. The summed E-state index contributed by atoms with van der Waals surface area (Å²) in [7, 11) is 0. The maximum Gasteiger partial charge on any atom is 0.247 e. The minimum absolute atomic E-state index is 0.259. The van der Waals surface area contributed by atoms with Crippen LogP contribution in [0.15, 0.2) is 104 Å². The Morgan fingerprint density at radius 1 is 0.750 bits per heavy atom. The van der Waals surface area contributed by atoms with Crippen LogP contribution < -0.4 is 16.0 Å². The molecule has 0 aliphatic rings. The Morgan fingerprint density at radius 3 is 2.12 bits per heavy atom. The Labute approximate surface area is 187 Å². The highest BCUT2D eigenvalue weighted by atomic mass is 16.1. The van der Waals surface area contributed by atoms with Crippen LogP contribution in [-0.2, 0) is 11.2 Å². The molecule has 1 heterocycles. The molecule has 1 amide bonds. The van der Waals surface area contributed by atoms with Crippen LogP contribution in [0.4, 0.5) is 28.7 Å². The number of carbonyl (C=O) groups excluding carboxylic acids is 1. The summed E-state index contributed by atoms with van der Waals surface area (Å²) in [6, 6.07) is 27.9. The van der Waals surface area contributed by atoms with Crippen LogP contribution in [0.2, 0.25) is 0 Å². The van der Waals surface area contributed by atoms with Gasteiger partial charge in [-0.3, -0.25) is 4.79 Å². The van der Waals surface area contributed by atoms with Gasteiger partial charge in [-0.25, -0.2) is 9.97 Å². The number of hydrogen-bond acceptors (Lipinski definition) is 5. The average molecular weight is 422 g/mol. The van der Waals surface area contributed by atoms with E-state index in [1.165, 1.54) is 23.5 Å². The third-order valence-corrected chi connectivity index (χ3v) is 4.73. The minimum atomic E-state index is -0.259. The van der Waals surface area contributed by atoms with Gasteiger partial charge >= 0.3 is 0 Å². The molecule has 1 aromatic heterocycles. The first-order valence-electron chi connectivity index (χ1n) is 10.2. The predicted molar refractivity (Wildman–Crippen MR) is 130 cm³/mol. The number of aromatic nitrogens is 2. The van der Waals surface area contributed by atoms with Gasteiger partial charge in [-0.05, 0) is 54.0 Å². The summed E-state index contributed by atoms with van der Waals surface area (Å²) in [4.78, 5) is 20.1. The lowest BCUT2D eigenvalue weighted by atomic mass is 10.0. The molecule has 0 radical (unpaired) electrons. The summed E-state index contributed by atoms with van der Waals surface area (Å²) in [6.07, 6.45) is 3.63. The summed E-state index contributed by atoms with van der Waals surface area (Å²) < 4.78 is 0. The fourth-order valence-corrected chi connectivity index (χ4v) is 3.20. The van der Waals surface area contributed by atoms with E-state index in [4.69, 9.17) is 0 Å². The van der Waals surface area contributed by atoms with Gasteiger partial charge in [-0.1, -0.05) is 55.1 Å². The highest BCUT2D eigenvalue weighted by Gasteiger charge is 2.03.